The highest BCUT2D eigenvalue weighted by atomic mass is 35.5. The van der Waals surface area contributed by atoms with Crippen molar-refractivity contribution in [1.82, 2.24) is 15.2 Å². The number of pyridine rings is 1. The molecule has 0 spiro atoms. The van der Waals surface area contributed by atoms with Gasteiger partial charge in [0.05, 0.1) is 32.4 Å². The molecule has 6 nitrogen and oxygen atoms in total. The molecule has 1 aliphatic heterocycles. The summed E-state index contributed by atoms with van der Waals surface area (Å²) in [7, 11) is 0. The number of fused-ring (bicyclic) bond motifs is 1. The number of carbonyl (C=O) groups is 3. The van der Waals surface area contributed by atoms with Crippen molar-refractivity contribution in [2.75, 3.05) is 0 Å². The van der Waals surface area contributed by atoms with Crippen molar-refractivity contribution >= 4 is 40.7 Å². The van der Waals surface area contributed by atoms with Gasteiger partial charge in [-0.05, 0) is 60.4 Å². The van der Waals surface area contributed by atoms with E-state index < -0.39 is 5.41 Å². The molecule has 0 radical (unpaired) electrons. The highest BCUT2D eigenvalue weighted by Crippen LogP contribution is 2.45. The van der Waals surface area contributed by atoms with Gasteiger partial charge in [-0.2, -0.15) is 0 Å². The van der Waals surface area contributed by atoms with E-state index in [0.29, 0.717) is 26.9 Å². The van der Waals surface area contributed by atoms with Crippen LogP contribution < -0.4 is 5.32 Å². The zero-order valence-corrected chi connectivity index (χ0v) is 19.8. The van der Waals surface area contributed by atoms with Crippen molar-refractivity contribution < 1.29 is 14.4 Å². The maximum atomic E-state index is 13.5. The van der Waals surface area contributed by atoms with Crippen LogP contribution in [0.1, 0.15) is 28.6 Å². The van der Waals surface area contributed by atoms with Gasteiger partial charge in [0.15, 0.2) is 0 Å². The molecule has 1 aromatic carbocycles. The summed E-state index contributed by atoms with van der Waals surface area (Å²) in [6.45, 7) is 1.90. The summed E-state index contributed by atoms with van der Waals surface area (Å²) in [4.78, 5) is 45.5. The number of rotatable bonds is 5. The molecule has 1 atom stereocenters. The molecule has 170 valence electrons. The highest BCUT2D eigenvalue weighted by molar-refractivity contribution is 7.18. The molecule has 1 unspecified atom stereocenters. The number of amides is 3. The minimum Gasteiger partial charge on any atom is -0.321 e. The molecule has 3 heterocycles. The van der Waals surface area contributed by atoms with Crippen LogP contribution in [-0.4, -0.2) is 27.6 Å². The van der Waals surface area contributed by atoms with Gasteiger partial charge in [-0.25, -0.2) is 0 Å². The summed E-state index contributed by atoms with van der Waals surface area (Å²) < 4.78 is 0.499. The van der Waals surface area contributed by atoms with Gasteiger partial charge in [0.2, 0.25) is 5.91 Å². The van der Waals surface area contributed by atoms with Gasteiger partial charge < -0.3 is 5.32 Å². The summed E-state index contributed by atoms with van der Waals surface area (Å²) in [5.41, 5.74) is 2.39. The molecule has 8 heteroatoms. The number of imide groups is 1. The lowest BCUT2D eigenvalue weighted by molar-refractivity contribution is -0.141. The molecule has 1 saturated heterocycles. The minimum atomic E-state index is -1.03. The van der Waals surface area contributed by atoms with E-state index in [1.54, 1.807) is 37.5 Å². The Kier molecular flexibility index (Phi) is 5.67. The first-order chi connectivity index (χ1) is 16.4. The molecule has 2 aromatic heterocycles. The standard InChI is InChI=1S/C26H20ClN3O3S/c1-26-11-3-8-19(29-23(31)20-9-10-21(27)34-20)22(26)24(32)30(25(26)33)15-16-5-2-6-17(13-16)18-7-4-12-28-14-18/h2-10,12-14H,11,15H2,1H3,(H,29,31). The smallest absolute Gasteiger partial charge is 0.265 e. The predicted molar refractivity (Wildman–Crippen MR) is 131 cm³/mol. The first kappa shape index (κ1) is 22.3. The van der Waals surface area contributed by atoms with Crippen LogP contribution in [0.3, 0.4) is 0 Å². The number of hydrogen-bond donors (Lipinski definition) is 1. The molecule has 2 aliphatic rings. The lowest BCUT2D eigenvalue weighted by atomic mass is 9.77. The van der Waals surface area contributed by atoms with Crippen molar-refractivity contribution in [3.63, 3.8) is 0 Å². The zero-order chi connectivity index (χ0) is 23.9. The van der Waals surface area contributed by atoms with Gasteiger partial charge in [-0.15, -0.1) is 11.3 Å². The monoisotopic (exact) mass is 489 g/mol. The number of halogens is 1. The summed E-state index contributed by atoms with van der Waals surface area (Å²) >= 11 is 7.10. The van der Waals surface area contributed by atoms with Gasteiger partial charge >= 0.3 is 0 Å². The maximum Gasteiger partial charge on any atom is 0.265 e. The third-order valence-corrected chi connectivity index (χ3v) is 7.35. The van der Waals surface area contributed by atoms with E-state index in [4.69, 9.17) is 11.6 Å². The van der Waals surface area contributed by atoms with E-state index >= 15 is 0 Å². The third kappa shape index (κ3) is 3.87. The number of hydrogen-bond acceptors (Lipinski definition) is 5. The number of nitrogens with one attached hydrogen (secondary N) is 1. The lowest BCUT2D eigenvalue weighted by Crippen LogP contribution is -2.34. The largest absolute Gasteiger partial charge is 0.321 e. The van der Waals surface area contributed by atoms with Crippen molar-refractivity contribution in [3.8, 4) is 11.1 Å². The van der Waals surface area contributed by atoms with E-state index in [2.05, 4.69) is 10.3 Å². The summed E-state index contributed by atoms with van der Waals surface area (Å²) in [6, 6.07) is 14.8. The van der Waals surface area contributed by atoms with E-state index in [9.17, 15) is 14.4 Å². The van der Waals surface area contributed by atoms with Crippen LogP contribution in [0.5, 0.6) is 0 Å². The molecule has 5 rings (SSSR count). The SMILES string of the molecule is CC12CC=CC(NC(=O)c3ccc(Cl)s3)=C1C(=O)N(Cc1cccc(-c3cccnc3)c1)C2=O. The topological polar surface area (TPSA) is 79.4 Å². The number of thiophene rings is 1. The summed E-state index contributed by atoms with van der Waals surface area (Å²) in [6.07, 6.45) is 7.39. The fourth-order valence-electron chi connectivity index (χ4n) is 4.40. The molecular formula is C26H20ClN3O3S. The Hall–Kier alpha value is -3.55. The molecule has 0 bridgehead atoms. The summed E-state index contributed by atoms with van der Waals surface area (Å²) in [5, 5.41) is 2.81. The average Bonchev–Trinajstić information content (AvgIpc) is 3.36. The van der Waals surface area contributed by atoms with Gasteiger partial charge in [-0.1, -0.05) is 41.9 Å². The second kappa shape index (κ2) is 8.66. The fourth-order valence-corrected chi connectivity index (χ4v) is 5.34. The minimum absolute atomic E-state index is 0.145. The molecule has 1 N–H and O–H groups in total. The number of allylic oxidation sites excluding steroid dienone is 2. The molecule has 3 amide bonds. The number of aromatic nitrogens is 1. The number of nitrogens with zero attached hydrogens (tertiary/aromatic N) is 2. The van der Waals surface area contributed by atoms with E-state index in [-0.39, 0.29) is 24.3 Å². The maximum absolute atomic E-state index is 13.5. The van der Waals surface area contributed by atoms with Crippen molar-refractivity contribution in [3.05, 3.63) is 99.1 Å². The fraction of sp³-hybridized carbons (Fsp3) is 0.154. The second-order valence-corrected chi connectivity index (χ2v) is 10.1. The van der Waals surface area contributed by atoms with Crippen LogP contribution in [0.15, 0.2) is 84.3 Å². The Labute approximate surface area is 205 Å². The molecule has 34 heavy (non-hydrogen) atoms. The Morgan fingerprint density at radius 2 is 2.00 bits per heavy atom. The van der Waals surface area contributed by atoms with Crippen LogP contribution >= 0.6 is 22.9 Å². The normalized spacial score (nSPS) is 19.5. The Balaban J connectivity index is 1.44. The number of likely N-dealkylation sites (tertiary alicyclic amines) is 1. The second-order valence-electron chi connectivity index (χ2n) is 8.42. The van der Waals surface area contributed by atoms with E-state index in [0.717, 1.165) is 28.0 Å². The van der Waals surface area contributed by atoms with Crippen LogP contribution in [0.2, 0.25) is 4.34 Å². The van der Waals surface area contributed by atoms with Crippen LogP contribution in [0.25, 0.3) is 11.1 Å². The first-order valence-electron chi connectivity index (χ1n) is 10.7. The Bertz CT molecular complexity index is 1380. The molecular weight excluding hydrogens is 470 g/mol. The van der Waals surface area contributed by atoms with Gasteiger partial charge in [0.25, 0.3) is 11.8 Å². The van der Waals surface area contributed by atoms with Crippen LogP contribution in [-0.2, 0) is 16.1 Å². The third-order valence-electron chi connectivity index (χ3n) is 6.12. The molecule has 3 aromatic rings. The lowest BCUT2D eigenvalue weighted by Gasteiger charge is -2.25. The van der Waals surface area contributed by atoms with Crippen molar-refractivity contribution in [2.24, 2.45) is 5.41 Å². The van der Waals surface area contributed by atoms with Crippen LogP contribution in [0, 0.1) is 5.41 Å². The highest BCUT2D eigenvalue weighted by Gasteiger charge is 2.54. The summed E-state index contributed by atoms with van der Waals surface area (Å²) in [5.74, 6) is -1.02. The Morgan fingerprint density at radius 1 is 1.18 bits per heavy atom. The first-order valence-corrected chi connectivity index (χ1v) is 11.9. The quantitative estimate of drug-likeness (QED) is 0.512. The van der Waals surface area contributed by atoms with Gasteiger partial charge in [0.1, 0.15) is 0 Å². The number of carbonyl (C=O) groups excluding carboxylic acids is 3. The Morgan fingerprint density at radius 3 is 2.74 bits per heavy atom. The van der Waals surface area contributed by atoms with Gasteiger partial charge in [-0.3, -0.25) is 24.3 Å². The zero-order valence-electron chi connectivity index (χ0n) is 18.2. The van der Waals surface area contributed by atoms with E-state index in [1.807, 2.05) is 42.5 Å². The van der Waals surface area contributed by atoms with Gasteiger partial charge in [0, 0.05) is 12.4 Å². The molecule has 1 fully saturated rings. The van der Waals surface area contributed by atoms with Crippen molar-refractivity contribution in [2.45, 2.75) is 19.9 Å². The van der Waals surface area contributed by atoms with Crippen molar-refractivity contribution in [1.29, 1.82) is 0 Å². The average molecular weight is 490 g/mol. The molecule has 1 aliphatic carbocycles. The molecule has 0 saturated carbocycles. The van der Waals surface area contributed by atoms with E-state index in [1.165, 1.54) is 4.90 Å². The predicted octanol–water partition coefficient (Wildman–Crippen LogP) is 4.98. The van der Waals surface area contributed by atoms with Crippen LogP contribution in [0.4, 0.5) is 0 Å². The number of benzene rings is 1.